The molecule has 0 heterocycles. The van der Waals surface area contributed by atoms with Gasteiger partial charge in [0, 0.05) is 12.2 Å². The number of aryl methyl sites for hydroxylation is 2. The molecule has 0 radical (unpaired) electrons. The van der Waals surface area contributed by atoms with Gasteiger partial charge in [-0.05, 0) is 54.8 Å². The third-order valence-corrected chi connectivity index (χ3v) is 3.55. The van der Waals surface area contributed by atoms with Gasteiger partial charge in [0.1, 0.15) is 0 Å². The second kappa shape index (κ2) is 7.19. The van der Waals surface area contributed by atoms with Gasteiger partial charge >= 0.3 is 6.03 Å². The van der Waals surface area contributed by atoms with Crippen LogP contribution in [0.3, 0.4) is 0 Å². The number of carbonyl (C=O) groups excluding carboxylic acids is 1. The molecule has 3 N–H and O–H groups in total. The molecule has 0 unspecified atom stereocenters. The van der Waals surface area contributed by atoms with Gasteiger partial charge < -0.3 is 15.7 Å². The van der Waals surface area contributed by atoms with Crippen molar-refractivity contribution in [3.63, 3.8) is 0 Å². The van der Waals surface area contributed by atoms with E-state index in [0.717, 1.165) is 23.3 Å². The van der Waals surface area contributed by atoms with Gasteiger partial charge in [0.05, 0.1) is 6.10 Å². The van der Waals surface area contributed by atoms with Crippen LogP contribution < -0.4 is 10.6 Å². The highest BCUT2D eigenvalue weighted by atomic mass is 19.2. The molecule has 2 aromatic rings. The van der Waals surface area contributed by atoms with Crippen LogP contribution in [0.25, 0.3) is 0 Å². The minimum Gasteiger partial charge on any atom is -0.387 e. The zero-order valence-corrected chi connectivity index (χ0v) is 12.9. The van der Waals surface area contributed by atoms with Crippen LogP contribution in [0.2, 0.25) is 0 Å². The maximum absolute atomic E-state index is 13.1. The molecule has 0 aliphatic rings. The molecule has 2 amide bonds. The predicted octanol–water partition coefficient (Wildman–Crippen LogP) is 3.44. The van der Waals surface area contributed by atoms with Crippen molar-refractivity contribution in [2.45, 2.75) is 20.0 Å². The summed E-state index contributed by atoms with van der Waals surface area (Å²) in [5, 5.41) is 15.0. The first kappa shape index (κ1) is 16.9. The fourth-order valence-corrected chi connectivity index (χ4v) is 2.02. The van der Waals surface area contributed by atoms with Crippen molar-refractivity contribution in [3.8, 4) is 0 Å². The lowest BCUT2D eigenvalue weighted by Crippen LogP contribution is -2.32. The molecule has 0 saturated carbocycles. The number of hydrogen-bond donors (Lipinski definition) is 3. The van der Waals surface area contributed by atoms with E-state index in [0.29, 0.717) is 5.69 Å². The number of rotatable bonds is 4. The minimum atomic E-state index is -1.13. The van der Waals surface area contributed by atoms with Crippen LogP contribution in [0.15, 0.2) is 36.4 Å². The van der Waals surface area contributed by atoms with Crippen LogP contribution in [0, 0.1) is 25.5 Å². The average molecular weight is 320 g/mol. The number of aliphatic hydroxyl groups is 1. The number of amides is 2. The summed E-state index contributed by atoms with van der Waals surface area (Å²) in [5.74, 6) is -2.03. The Morgan fingerprint density at radius 1 is 1.09 bits per heavy atom. The van der Waals surface area contributed by atoms with Crippen LogP contribution in [0.1, 0.15) is 22.8 Å². The van der Waals surface area contributed by atoms with Crippen molar-refractivity contribution in [2.75, 3.05) is 11.9 Å². The fourth-order valence-electron chi connectivity index (χ4n) is 2.02. The molecule has 0 saturated heterocycles. The maximum atomic E-state index is 13.1. The number of halogens is 2. The van der Waals surface area contributed by atoms with Crippen molar-refractivity contribution in [3.05, 3.63) is 64.7 Å². The molecule has 122 valence electrons. The number of carbonyl (C=O) groups is 1. The standard InChI is InChI=1S/C17H18F2N2O2/c1-10-3-5-13(7-11(10)2)21-17(23)20-9-16(22)12-4-6-14(18)15(19)8-12/h3-8,16,22H,9H2,1-2H3,(H2,20,21,23)/t16-/m1/s1. The van der Waals surface area contributed by atoms with Gasteiger partial charge in [-0.1, -0.05) is 12.1 Å². The summed E-state index contributed by atoms with van der Waals surface area (Å²) in [6, 6.07) is 8.11. The molecule has 0 aromatic heterocycles. The van der Waals surface area contributed by atoms with Crippen molar-refractivity contribution < 1.29 is 18.7 Å². The zero-order valence-electron chi connectivity index (χ0n) is 12.9. The van der Waals surface area contributed by atoms with Gasteiger partial charge in [-0.2, -0.15) is 0 Å². The Balaban J connectivity index is 1.90. The monoisotopic (exact) mass is 320 g/mol. The summed E-state index contributed by atoms with van der Waals surface area (Å²) in [6.45, 7) is 3.78. The number of benzene rings is 2. The summed E-state index contributed by atoms with van der Waals surface area (Å²) in [6.07, 6.45) is -1.13. The Morgan fingerprint density at radius 3 is 2.48 bits per heavy atom. The quantitative estimate of drug-likeness (QED) is 0.808. The molecule has 6 heteroatoms. The molecule has 2 aromatic carbocycles. The summed E-state index contributed by atoms with van der Waals surface area (Å²) >= 11 is 0. The van der Waals surface area contributed by atoms with E-state index in [1.807, 2.05) is 26.0 Å². The molecule has 2 rings (SSSR count). The average Bonchev–Trinajstić information content (AvgIpc) is 2.51. The van der Waals surface area contributed by atoms with E-state index in [1.54, 1.807) is 6.07 Å². The van der Waals surface area contributed by atoms with E-state index in [1.165, 1.54) is 6.07 Å². The van der Waals surface area contributed by atoms with E-state index >= 15 is 0 Å². The SMILES string of the molecule is Cc1ccc(NC(=O)NC[C@@H](O)c2ccc(F)c(F)c2)cc1C. The van der Waals surface area contributed by atoms with Gasteiger partial charge in [0.25, 0.3) is 0 Å². The molecule has 1 atom stereocenters. The Kier molecular flexibility index (Phi) is 5.28. The first-order valence-electron chi connectivity index (χ1n) is 7.12. The van der Waals surface area contributed by atoms with Crippen LogP contribution >= 0.6 is 0 Å². The van der Waals surface area contributed by atoms with Gasteiger partial charge in [-0.25, -0.2) is 13.6 Å². The van der Waals surface area contributed by atoms with Crippen LogP contribution in [0.5, 0.6) is 0 Å². The van der Waals surface area contributed by atoms with Gasteiger partial charge in [-0.3, -0.25) is 0 Å². The van der Waals surface area contributed by atoms with E-state index in [9.17, 15) is 18.7 Å². The normalized spacial score (nSPS) is 11.9. The second-order valence-corrected chi connectivity index (χ2v) is 5.32. The largest absolute Gasteiger partial charge is 0.387 e. The lowest BCUT2D eigenvalue weighted by atomic mass is 10.1. The highest BCUT2D eigenvalue weighted by molar-refractivity contribution is 5.89. The molecule has 0 fully saturated rings. The van der Waals surface area contributed by atoms with E-state index in [2.05, 4.69) is 10.6 Å². The molecule has 4 nitrogen and oxygen atoms in total. The van der Waals surface area contributed by atoms with Crippen molar-refractivity contribution in [1.29, 1.82) is 0 Å². The summed E-state index contributed by atoms with van der Waals surface area (Å²) in [7, 11) is 0. The first-order valence-corrected chi connectivity index (χ1v) is 7.12. The van der Waals surface area contributed by atoms with Crippen LogP contribution in [-0.2, 0) is 0 Å². The highest BCUT2D eigenvalue weighted by Crippen LogP contribution is 2.16. The lowest BCUT2D eigenvalue weighted by Gasteiger charge is -2.13. The maximum Gasteiger partial charge on any atom is 0.319 e. The van der Waals surface area contributed by atoms with Crippen LogP contribution in [0.4, 0.5) is 19.3 Å². The number of hydrogen-bond acceptors (Lipinski definition) is 2. The Morgan fingerprint density at radius 2 is 1.83 bits per heavy atom. The summed E-state index contributed by atoms with van der Waals surface area (Å²) < 4.78 is 26.0. The number of nitrogens with one attached hydrogen (secondary N) is 2. The summed E-state index contributed by atoms with van der Waals surface area (Å²) in [4.78, 5) is 11.8. The smallest absolute Gasteiger partial charge is 0.319 e. The third-order valence-electron chi connectivity index (χ3n) is 3.55. The summed E-state index contributed by atoms with van der Waals surface area (Å²) in [5.41, 5.74) is 2.98. The van der Waals surface area contributed by atoms with E-state index in [4.69, 9.17) is 0 Å². The van der Waals surface area contributed by atoms with Crippen LogP contribution in [-0.4, -0.2) is 17.7 Å². The molecule has 0 aliphatic carbocycles. The molecule has 0 aliphatic heterocycles. The van der Waals surface area contributed by atoms with Crippen molar-refractivity contribution in [2.24, 2.45) is 0 Å². The highest BCUT2D eigenvalue weighted by Gasteiger charge is 2.12. The van der Waals surface area contributed by atoms with E-state index < -0.39 is 23.8 Å². The third kappa shape index (κ3) is 4.50. The fraction of sp³-hybridized carbons (Fsp3) is 0.235. The Bertz CT molecular complexity index is 720. The number of anilines is 1. The van der Waals surface area contributed by atoms with Gasteiger partial charge in [0.2, 0.25) is 0 Å². The lowest BCUT2D eigenvalue weighted by molar-refractivity contribution is 0.174. The Labute approximate surface area is 133 Å². The number of aliphatic hydroxyl groups excluding tert-OH is 1. The first-order chi connectivity index (χ1) is 10.9. The topological polar surface area (TPSA) is 61.4 Å². The molecular weight excluding hydrogens is 302 g/mol. The second-order valence-electron chi connectivity index (χ2n) is 5.32. The van der Waals surface area contributed by atoms with E-state index in [-0.39, 0.29) is 12.1 Å². The van der Waals surface area contributed by atoms with Crippen molar-refractivity contribution in [1.82, 2.24) is 5.32 Å². The molecule has 23 heavy (non-hydrogen) atoms. The number of urea groups is 1. The Hall–Kier alpha value is -2.47. The molecule has 0 spiro atoms. The predicted molar refractivity (Wildman–Crippen MR) is 84.3 cm³/mol. The zero-order chi connectivity index (χ0) is 17.0. The molecular formula is C17H18F2N2O2. The van der Waals surface area contributed by atoms with Crippen molar-refractivity contribution >= 4 is 11.7 Å². The minimum absolute atomic E-state index is 0.123. The van der Waals surface area contributed by atoms with Gasteiger partial charge in [-0.15, -0.1) is 0 Å². The van der Waals surface area contributed by atoms with Gasteiger partial charge in [0.15, 0.2) is 11.6 Å². The molecule has 0 bridgehead atoms.